The molecule has 3 rings (SSSR count). The zero-order chi connectivity index (χ0) is 21.3. The zero-order valence-corrected chi connectivity index (χ0v) is 18.0. The quantitative estimate of drug-likeness (QED) is 0.794. The van der Waals surface area contributed by atoms with Crippen molar-refractivity contribution in [3.05, 3.63) is 27.2 Å². The lowest BCUT2D eigenvalue weighted by Crippen LogP contribution is -2.47. The second kappa shape index (κ2) is 8.39. The summed E-state index contributed by atoms with van der Waals surface area (Å²) in [5.74, 6) is 0.481. The predicted octanol–water partition coefficient (Wildman–Crippen LogP) is 1.57. The normalized spacial score (nSPS) is 15.3. The van der Waals surface area contributed by atoms with Crippen LogP contribution in [-0.4, -0.2) is 50.6 Å². The largest absolute Gasteiger partial charge is 0.353 e. The summed E-state index contributed by atoms with van der Waals surface area (Å²) in [6.45, 7) is 9.19. The van der Waals surface area contributed by atoms with E-state index in [1.54, 1.807) is 11.7 Å². The Morgan fingerprint density at radius 1 is 1.24 bits per heavy atom. The summed E-state index contributed by atoms with van der Waals surface area (Å²) in [6.07, 6.45) is 2.30. The second-order valence-electron chi connectivity index (χ2n) is 8.50. The standard InChI is InChI=1S/C21H31N5O3/c1-12(2)10-18(28)26-8-6-15(7-9-26)23-17(27)11-16-13(3)19-20(22-14(16)4)25(5)24-21(19)29/h12,15H,6-11H2,1-5H3,(H,23,27)(H,24,29). The van der Waals surface area contributed by atoms with Gasteiger partial charge in [0.15, 0.2) is 5.65 Å². The SMILES string of the molecule is Cc1nc2c(c(C)c1CC(=O)NC1CCN(C(=O)CC(C)C)CC1)c(=O)[nH]n2C. The zero-order valence-electron chi connectivity index (χ0n) is 18.0. The monoisotopic (exact) mass is 401 g/mol. The summed E-state index contributed by atoms with van der Waals surface area (Å²) in [7, 11) is 1.75. The Morgan fingerprint density at radius 3 is 2.52 bits per heavy atom. The molecule has 1 fully saturated rings. The minimum absolute atomic E-state index is 0.0723. The van der Waals surface area contributed by atoms with Crippen molar-refractivity contribution < 1.29 is 9.59 Å². The number of fused-ring (bicyclic) bond motifs is 1. The maximum atomic E-state index is 12.7. The van der Waals surface area contributed by atoms with Crippen LogP contribution in [0.3, 0.4) is 0 Å². The molecular formula is C21H31N5O3. The number of pyridine rings is 1. The van der Waals surface area contributed by atoms with E-state index in [2.05, 4.69) is 15.4 Å². The maximum absolute atomic E-state index is 12.7. The molecule has 3 heterocycles. The predicted molar refractivity (Wildman–Crippen MR) is 112 cm³/mol. The molecular weight excluding hydrogens is 370 g/mol. The number of carbonyl (C=O) groups is 2. The van der Waals surface area contributed by atoms with Gasteiger partial charge in [0.25, 0.3) is 5.56 Å². The van der Waals surface area contributed by atoms with Crippen LogP contribution < -0.4 is 10.9 Å². The van der Waals surface area contributed by atoms with E-state index in [1.807, 2.05) is 32.6 Å². The number of aryl methyl sites for hydroxylation is 3. The van der Waals surface area contributed by atoms with E-state index in [-0.39, 0.29) is 29.8 Å². The van der Waals surface area contributed by atoms with Crippen LogP contribution in [0.4, 0.5) is 0 Å². The molecule has 1 aliphatic heterocycles. The second-order valence-corrected chi connectivity index (χ2v) is 8.50. The Labute approximate surface area is 170 Å². The van der Waals surface area contributed by atoms with Gasteiger partial charge >= 0.3 is 0 Å². The van der Waals surface area contributed by atoms with E-state index < -0.39 is 0 Å². The number of hydrogen-bond acceptors (Lipinski definition) is 4. The molecule has 0 atom stereocenters. The molecule has 8 heteroatoms. The van der Waals surface area contributed by atoms with E-state index in [4.69, 9.17) is 0 Å². The molecule has 0 aliphatic carbocycles. The first-order chi connectivity index (χ1) is 13.7. The third-order valence-corrected chi connectivity index (χ3v) is 5.71. The number of carbonyl (C=O) groups excluding carboxylic acids is 2. The van der Waals surface area contributed by atoms with Crippen molar-refractivity contribution in [2.45, 2.75) is 59.4 Å². The molecule has 2 amide bonds. The molecule has 2 aromatic heterocycles. The van der Waals surface area contributed by atoms with Gasteiger partial charge in [-0.15, -0.1) is 0 Å². The van der Waals surface area contributed by atoms with Crippen LogP contribution in [0.1, 0.15) is 49.9 Å². The van der Waals surface area contributed by atoms with Gasteiger partial charge < -0.3 is 10.2 Å². The average molecular weight is 402 g/mol. The fourth-order valence-corrected chi connectivity index (χ4v) is 4.10. The number of likely N-dealkylation sites (tertiary alicyclic amines) is 1. The molecule has 0 spiro atoms. The summed E-state index contributed by atoms with van der Waals surface area (Å²) in [6, 6.07) is 0.0723. The van der Waals surface area contributed by atoms with Crippen molar-refractivity contribution >= 4 is 22.8 Å². The van der Waals surface area contributed by atoms with Crippen molar-refractivity contribution in [2.75, 3.05) is 13.1 Å². The van der Waals surface area contributed by atoms with Crippen LogP contribution >= 0.6 is 0 Å². The molecule has 158 valence electrons. The molecule has 0 saturated carbocycles. The molecule has 0 unspecified atom stereocenters. The first-order valence-corrected chi connectivity index (χ1v) is 10.3. The summed E-state index contributed by atoms with van der Waals surface area (Å²) in [4.78, 5) is 43.5. The van der Waals surface area contributed by atoms with Crippen molar-refractivity contribution in [3.63, 3.8) is 0 Å². The Kier molecular flexibility index (Phi) is 6.10. The first-order valence-electron chi connectivity index (χ1n) is 10.3. The van der Waals surface area contributed by atoms with Crippen molar-refractivity contribution in [2.24, 2.45) is 13.0 Å². The van der Waals surface area contributed by atoms with Crippen LogP contribution in [-0.2, 0) is 23.1 Å². The first kappa shape index (κ1) is 21.1. The highest BCUT2D eigenvalue weighted by molar-refractivity contribution is 5.84. The summed E-state index contributed by atoms with van der Waals surface area (Å²) in [5.41, 5.74) is 2.78. The van der Waals surface area contributed by atoms with Gasteiger partial charge in [-0.1, -0.05) is 13.8 Å². The molecule has 0 radical (unpaired) electrons. The number of aromatic amines is 1. The van der Waals surface area contributed by atoms with Crippen LogP contribution in [0.15, 0.2) is 4.79 Å². The molecule has 0 bridgehead atoms. The van der Waals surface area contributed by atoms with E-state index in [1.165, 1.54) is 0 Å². The van der Waals surface area contributed by atoms with Gasteiger partial charge in [-0.05, 0) is 43.7 Å². The van der Waals surface area contributed by atoms with Crippen LogP contribution in [0.25, 0.3) is 11.0 Å². The van der Waals surface area contributed by atoms with Crippen LogP contribution in [0, 0.1) is 19.8 Å². The lowest BCUT2D eigenvalue weighted by atomic mass is 10.00. The summed E-state index contributed by atoms with van der Waals surface area (Å²) >= 11 is 0. The molecule has 2 aromatic rings. The van der Waals surface area contributed by atoms with Crippen LogP contribution in [0.5, 0.6) is 0 Å². The Bertz CT molecular complexity index is 980. The van der Waals surface area contributed by atoms with Gasteiger partial charge in [0.2, 0.25) is 11.8 Å². The molecule has 29 heavy (non-hydrogen) atoms. The highest BCUT2D eigenvalue weighted by Gasteiger charge is 2.25. The van der Waals surface area contributed by atoms with Gasteiger partial charge in [0.05, 0.1) is 11.8 Å². The topological polar surface area (TPSA) is 100 Å². The number of aromatic nitrogens is 3. The van der Waals surface area contributed by atoms with Gasteiger partial charge in [0.1, 0.15) is 0 Å². The number of nitrogens with zero attached hydrogens (tertiary/aromatic N) is 3. The molecule has 8 nitrogen and oxygen atoms in total. The van der Waals surface area contributed by atoms with Gasteiger partial charge in [0, 0.05) is 38.3 Å². The molecule has 1 saturated heterocycles. The molecule has 1 aliphatic rings. The number of piperidine rings is 1. The number of nitrogens with one attached hydrogen (secondary N) is 2. The van der Waals surface area contributed by atoms with E-state index >= 15 is 0 Å². The Balaban J connectivity index is 1.63. The van der Waals surface area contributed by atoms with Crippen LogP contribution in [0.2, 0.25) is 0 Å². The fraction of sp³-hybridized carbons (Fsp3) is 0.619. The van der Waals surface area contributed by atoms with Crippen molar-refractivity contribution in [1.82, 2.24) is 25.0 Å². The van der Waals surface area contributed by atoms with Crippen molar-refractivity contribution in [3.8, 4) is 0 Å². The van der Waals surface area contributed by atoms with Gasteiger partial charge in [-0.3, -0.25) is 24.2 Å². The smallest absolute Gasteiger partial charge is 0.273 e. The summed E-state index contributed by atoms with van der Waals surface area (Å²) < 4.78 is 1.61. The number of hydrogen-bond donors (Lipinski definition) is 2. The molecule has 0 aromatic carbocycles. The Hall–Kier alpha value is -2.64. The van der Waals surface area contributed by atoms with Gasteiger partial charge in [-0.25, -0.2) is 4.98 Å². The minimum Gasteiger partial charge on any atom is -0.353 e. The number of amides is 2. The highest BCUT2D eigenvalue weighted by atomic mass is 16.2. The molecule has 2 N–H and O–H groups in total. The number of H-pyrrole nitrogens is 1. The third-order valence-electron chi connectivity index (χ3n) is 5.71. The Morgan fingerprint density at radius 2 is 1.90 bits per heavy atom. The van der Waals surface area contributed by atoms with Crippen molar-refractivity contribution in [1.29, 1.82) is 0 Å². The minimum atomic E-state index is -0.187. The lowest BCUT2D eigenvalue weighted by Gasteiger charge is -2.33. The highest BCUT2D eigenvalue weighted by Crippen LogP contribution is 2.20. The van der Waals surface area contributed by atoms with Gasteiger partial charge in [-0.2, -0.15) is 0 Å². The average Bonchev–Trinajstić information content (AvgIpc) is 2.92. The van der Waals surface area contributed by atoms with E-state index in [0.717, 1.165) is 29.7 Å². The number of rotatable bonds is 5. The third kappa shape index (κ3) is 4.52. The van der Waals surface area contributed by atoms with E-state index in [9.17, 15) is 14.4 Å². The maximum Gasteiger partial charge on any atom is 0.273 e. The summed E-state index contributed by atoms with van der Waals surface area (Å²) in [5, 5.41) is 6.35. The fourth-order valence-electron chi connectivity index (χ4n) is 4.10. The van der Waals surface area contributed by atoms with E-state index in [0.29, 0.717) is 36.5 Å². The lowest BCUT2D eigenvalue weighted by molar-refractivity contribution is -0.133.